The molecule has 1 aromatic carbocycles. The van der Waals surface area contributed by atoms with Gasteiger partial charge in [0.25, 0.3) is 0 Å². The van der Waals surface area contributed by atoms with E-state index in [-0.39, 0.29) is 18.4 Å². The molecule has 3 rings (SSSR count). The number of nitrogens with two attached hydrogens (primary N) is 1. The minimum absolute atomic E-state index is 0. The average molecular weight is 379 g/mol. The summed E-state index contributed by atoms with van der Waals surface area (Å²) in [6, 6.07) is 7.61. The first-order valence-electron chi connectivity index (χ1n) is 8.86. The maximum Gasteiger partial charge on any atom is 0.152 e. The lowest BCUT2D eigenvalue weighted by Crippen LogP contribution is -2.41. The highest BCUT2D eigenvalue weighted by molar-refractivity contribution is 6.06. The topological polar surface area (TPSA) is 86.2 Å². The van der Waals surface area contributed by atoms with Gasteiger partial charge in [-0.15, -0.1) is 12.4 Å². The molecule has 0 radical (unpaired) electrons. The summed E-state index contributed by atoms with van der Waals surface area (Å²) in [5.74, 6) is 0.402. The van der Waals surface area contributed by atoms with E-state index in [9.17, 15) is 5.11 Å². The van der Waals surface area contributed by atoms with Gasteiger partial charge in [-0.1, -0.05) is 32.0 Å². The maximum absolute atomic E-state index is 11.2. The number of rotatable bonds is 7. The van der Waals surface area contributed by atoms with Crippen molar-refractivity contribution in [3.63, 3.8) is 0 Å². The third-order valence-electron chi connectivity index (χ3n) is 5.10. The van der Waals surface area contributed by atoms with Crippen LogP contribution in [-0.2, 0) is 4.74 Å². The van der Waals surface area contributed by atoms with Crippen LogP contribution in [0.1, 0.15) is 39.7 Å². The van der Waals surface area contributed by atoms with E-state index in [1.54, 1.807) is 6.33 Å². The summed E-state index contributed by atoms with van der Waals surface area (Å²) >= 11 is 0. The van der Waals surface area contributed by atoms with Crippen LogP contribution >= 0.6 is 12.4 Å². The molecular weight excluding hydrogens is 352 g/mol. The monoisotopic (exact) mass is 378 g/mol. The second kappa shape index (κ2) is 8.20. The van der Waals surface area contributed by atoms with E-state index in [1.807, 2.05) is 49.6 Å². The van der Waals surface area contributed by atoms with Crippen molar-refractivity contribution in [2.75, 3.05) is 18.9 Å². The molecule has 0 saturated carbocycles. The highest BCUT2D eigenvalue weighted by Gasteiger charge is 2.36. The number of para-hydroxylation sites is 1. The molecule has 0 aliphatic rings. The molecule has 1 unspecified atom stereocenters. The second-order valence-electron chi connectivity index (χ2n) is 6.35. The molecule has 142 valence electrons. The van der Waals surface area contributed by atoms with Crippen molar-refractivity contribution in [1.82, 2.24) is 14.5 Å². The molecule has 3 aromatic rings. The first-order chi connectivity index (χ1) is 12.1. The number of pyridine rings is 1. The van der Waals surface area contributed by atoms with Crippen LogP contribution in [-0.4, -0.2) is 38.5 Å². The average Bonchev–Trinajstić information content (AvgIpc) is 3.07. The molecule has 1 atom stereocenters. The zero-order valence-electron chi connectivity index (χ0n) is 15.5. The zero-order valence-corrected chi connectivity index (χ0v) is 16.3. The number of ether oxygens (including phenoxy) is 1. The van der Waals surface area contributed by atoms with Gasteiger partial charge in [-0.05, 0) is 25.8 Å². The Morgan fingerprint density at radius 3 is 2.58 bits per heavy atom. The van der Waals surface area contributed by atoms with Crippen LogP contribution in [0.3, 0.4) is 0 Å². The number of fused-ring (bicyclic) bond motifs is 3. The van der Waals surface area contributed by atoms with Crippen LogP contribution in [0.5, 0.6) is 0 Å². The minimum Gasteiger partial charge on any atom is -0.388 e. The number of aromatic nitrogens is 3. The second-order valence-corrected chi connectivity index (χ2v) is 6.35. The molecule has 26 heavy (non-hydrogen) atoms. The number of benzene rings is 1. The predicted molar refractivity (Wildman–Crippen MR) is 108 cm³/mol. The molecular formula is C19H27ClN4O2. The van der Waals surface area contributed by atoms with Crippen LogP contribution in [0.15, 0.2) is 30.6 Å². The third-order valence-corrected chi connectivity index (χ3v) is 5.10. The van der Waals surface area contributed by atoms with E-state index in [4.69, 9.17) is 10.5 Å². The van der Waals surface area contributed by atoms with E-state index in [2.05, 4.69) is 9.97 Å². The van der Waals surface area contributed by atoms with Gasteiger partial charge in [-0.2, -0.15) is 0 Å². The van der Waals surface area contributed by atoms with Gasteiger partial charge in [0, 0.05) is 12.0 Å². The van der Waals surface area contributed by atoms with Crippen molar-refractivity contribution in [3.05, 3.63) is 30.6 Å². The lowest BCUT2D eigenvalue weighted by Gasteiger charge is -2.36. The summed E-state index contributed by atoms with van der Waals surface area (Å²) < 4.78 is 7.72. The predicted octanol–water partition coefficient (Wildman–Crippen LogP) is 3.72. The smallest absolute Gasteiger partial charge is 0.152 e. The standard InChI is InChI=1S/C19H26N4O2.ClH/c1-4-19(24,5-2)15(11-25-6-3)23-12-21-16-17(23)13-9-7-8-10-14(13)22-18(16)20;/h7-10,12,15,24H,4-6,11H2,1-3H3,(H2,20,22);1H. The molecule has 2 aromatic heterocycles. The number of halogens is 1. The quantitative estimate of drug-likeness (QED) is 0.654. The number of hydrogen-bond acceptors (Lipinski definition) is 5. The lowest BCUT2D eigenvalue weighted by molar-refractivity contribution is -0.0503. The van der Waals surface area contributed by atoms with Crippen LogP contribution in [0.2, 0.25) is 0 Å². The summed E-state index contributed by atoms with van der Waals surface area (Å²) in [5.41, 5.74) is 7.62. The van der Waals surface area contributed by atoms with Crippen molar-refractivity contribution in [3.8, 4) is 0 Å². The Hall–Kier alpha value is -1.89. The Morgan fingerprint density at radius 2 is 1.92 bits per heavy atom. The molecule has 0 spiro atoms. The highest BCUT2D eigenvalue weighted by atomic mass is 35.5. The largest absolute Gasteiger partial charge is 0.388 e. The summed E-state index contributed by atoms with van der Waals surface area (Å²) in [4.78, 5) is 8.94. The number of imidazole rings is 1. The van der Waals surface area contributed by atoms with Crippen LogP contribution < -0.4 is 5.73 Å². The van der Waals surface area contributed by atoms with E-state index >= 15 is 0 Å². The van der Waals surface area contributed by atoms with E-state index in [0.717, 1.165) is 16.4 Å². The van der Waals surface area contributed by atoms with Gasteiger partial charge in [-0.25, -0.2) is 9.97 Å². The maximum atomic E-state index is 11.2. The fraction of sp³-hybridized carbons (Fsp3) is 0.474. The van der Waals surface area contributed by atoms with Crippen LogP contribution in [0, 0.1) is 0 Å². The molecule has 0 bridgehead atoms. The van der Waals surface area contributed by atoms with Crippen molar-refractivity contribution in [1.29, 1.82) is 0 Å². The number of nitrogen functional groups attached to an aromatic ring is 1. The number of anilines is 1. The highest BCUT2D eigenvalue weighted by Crippen LogP contribution is 2.35. The van der Waals surface area contributed by atoms with Gasteiger partial charge in [0.05, 0.1) is 35.6 Å². The van der Waals surface area contributed by atoms with Crippen molar-refractivity contribution >= 4 is 40.2 Å². The van der Waals surface area contributed by atoms with E-state index < -0.39 is 5.60 Å². The SMILES string of the molecule is CCOCC(n1cnc2c(N)nc3ccccc3c21)C(O)(CC)CC.Cl. The lowest BCUT2D eigenvalue weighted by atomic mass is 9.88. The van der Waals surface area contributed by atoms with Gasteiger partial charge >= 0.3 is 0 Å². The number of nitrogens with zero attached hydrogens (tertiary/aromatic N) is 3. The van der Waals surface area contributed by atoms with Gasteiger partial charge in [-0.3, -0.25) is 0 Å². The van der Waals surface area contributed by atoms with Gasteiger partial charge < -0.3 is 20.1 Å². The third kappa shape index (κ3) is 3.37. The first-order valence-corrected chi connectivity index (χ1v) is 8.86. The molecule has 7 heteroatoms. The Morgan fingerprint density at radius 1 is 1.23 bits per heavy atom. The van der Waals surface area contributed by atoms with Crippen LogP contribution in [0.25, 0.3) is 21.9 Å². The van der Waals surface area contributed by atoms with Gasteiger partial charge in [0.2, 0.25) is 0 Å². The molecule has 0 saturated heterocycles. The minimum atomic E-state index is -0.887. The van der Waals surface area contributed by atoms with Crippen molar-refractivity contribution in [2.45, 2.75) is 45.3 Å². The van der Waals surface area contributed by atoms with E-state index in [1.165, 1.54) is 0 Å². The molecule has 0 aliphatic heterocycles. The molecule has 3 N–H and O–H groups in total. The zero-order chi connectivity index (χ0) is 18.0. The van der Waals surface area contributed by atoms with Gasteiger partial charge in [0.1, 0.15) is 5.52 Å². The number of aliphatic hydroxyl groups is 1. The summed E-state index contributed by atoms with van der Waals surface area (Å²) in [6.45, 7) is 6.95. The normalized spacial score (nSPS) is 13.1. The fourth-order valence-corrected chi connectivity index (χ4v) is 3.45. The Labute approximate surface area is 159 Å². The number of hydrogen-bond donors (Lipinski definition) is 2. The summed E-state index contributed by atoms with van der Waals surface area (Å²) in [7, 11) is 0. The molecule has 0 fully saturated rings. The Bertz CT molecular complexity index is 876. The molecule has 0 amide bonds. The van der Waals surface area contributed by atoms with Gasteiger partial charge in [0.15, 0.2) is 5.82 Å². The fourth-order valence-electron chi connectivity index (χ4n) is 3.45. The van der Waals surface area contributed by atoms with Crippen molar-refractivity contribution in [2.24, 2.45) is 0 Å². The Balaban J connectivity index is 0.00000243. The van der Waals surface area contributed by atoms with Crippen molar-refractivity contribution < 1.29 is 9.84 Å². The van der Waals surface area contributed by atoms with Crippen LogP contribution in [0.4, 0.5) is 5.82 Å². The summed E-state index contributed by atoms with van der Waals surface area (Å²) in [6.07, 6.45) is 2.99. The first kappa shape index (κ1) is 20.4. The van der Waals surface area contributed by atoms with E-state index in [0.29, 0.717) is 37.4 Å². The molecule has 6 nitrogen and oxygen atoms in total. The Kier molecular flexibility index (Phi) is 6.44. The molecule has 2 heterocycles. The summed E-state index contributed by atoms with van der Waals surface area (Å²) in [5, 5.41) is 12.2. The molecule has 0 aliphatic carbocycles.